The van der Waals surface area contributed by atoms with Crippen LogP contribution in [0.4, 0.5) is 0 Å². The van der Waals surface area contributed by atoms with Gasteiger partial charge < -0.3 is 0 Å². The molecular weight excluding hydrogens is 252 g/mol. The van der Waals surface area contributed by atoms with Crippen molar-refractivity contribution in [2.75, 3.05) is 0 Å². The van der Waals surface area contributed by atoms with Gasteiger partial charge in [0.1, 0.15) is 0 Å². The van der Waals surface area contributed by atoms with Crippen molar-refractivity contribution in [1.29, 1.82) is 0 Å². The monoisotopic (exact) mass is 262 g/mol. The van der Waals surface area contributed by atoms with E-state index in [1.165, 1.54) is 17.7 Å². The molecule has 0 unspecified atom stereocenters. The smallest absolute Gasteiger partial charge is 0.212 e. The van der Waals surface area contributed by atoms with Crippen LogP contribution in [-0.4, -0.2) is 13.7 Å². The Labute approximate surface area is 98.4 Å². The molecule has 0 N–H and O–H groups in total. The summed E-state index contributed by atoms with van der Waals surface area (Å²) in [5.41, 5.74) is 0.741. The first-order valence-electron chi connectivity index (χ1n) is 4.71. The van der Waals surface area contributed by atoms with Gasteiger partial charge in [-0.15, -0.1) is 11.8 Å². The maximum Gasteiger partial charge on any atom is 0.236 e. The summed E-state index contributed by atoms with van der Waals surface area (Å²) in [5.74, 6) is -0.0943. The highest BCUT2D eigenvalue weighted by atomic mass is 35.7. The molecule has 1 fully saturated rings. The molecule has 82 valence electrons. The number of halogens is 1. The zero-order valence-corrected chi connectivity index (χ0v) is 10.4. The van der Waals surface area contributed by atoms with Crippen LogP contribution in [0.2, 0.25) is 0 Å². The van der Waals surface area contributed by atoms with Crippen LogP contribution < -0.4 is 0 Å². The average molecular weight is 263 g/mol. The van der Waals surface area contributed by atoms with Gasteiger partial charge in [-0.05, 0) is 30.5 Å². The van der Waals surface area contributed by atoms with Crippen LogP contribution in [0.15, 0.2) is 29.2 Å². The highest BCUT2D eigenvalue weighted by Crippen LogP contribution is 2.39. The Balaban J connectivity index is 2.02. The van der Waals surface area contributed by atoms with E-state index in [9.17, 15) is 8.42 Å². The quantitative estimate of drug-likeness (QED) is 0.783. The van der Waals surface area contributed by atoms with Gasteiger partial charge >= 0.3 is 0 Å². The fourth-order valence-corrected chi connectivity index (χ4v) is 3.26. The second kappa shape index (κ2) is 4.36. The number of benzene rings is 1. The first kappa shape index (κ1) is 11.3. The minimum absolute atomic E-state index is 0.0943. The molecule has 0 aliphatic heterocycles. The second-order valence-electron chi connectivity index (χ2n) is 3.64. The molecule has 1 aromatic carbocycles. The summed E-state index contributed by atoms with van der Waals surface area (Å²) >= 11 is 1.85. The van der Waals surface area contributed by atoms with E-state index in [1.807, 2.05) is 36.0 Å². The van der Waals surface area contributed by atoms with Crippen molar-refractivity contribution >= 4 is 31.5 Å². The lowest BCUT2D eigenvalue weighted by Crippen LogP contribution is -1.94. The Hall–Kier alpha value is -0.190. The maximum absolute atomic E-state index is 10.8. The van der Waals surface area contributed by atoms with E-state index in [4.69, 9.17) is 10.7 Å². The molecule has 5 heteroatoms. The topological polar surface area (TPSA) is 34.1 Å². The fraction of sp³-hybridized carbons (Fsp3) is 0.400. The largest absolute Gasteiger partial charge is 0.236 e. The molecule has 0 bridgehead atoms. The molecule has 0 heterocycles. The molecule has 1 aliphatic rings. The molecule has 2 rings (SSSR count). The van der Waals surface area contributed by atoms with Crippen LogP contribution in [0, 0.1) is 0 Å². The fourth-order valence-electron chi connectivity index (χ4n) is 1.24. The van der Waals surface area contributed by atoms with Crippen molar-refractivity contribution in [3.63, 3.8) is 0 Å². The second-order valence-corrected chi connectivity index (χ2v) is 7.80. The van der Waals surface area contributed by atoms with Crippen molar-refractivity contribution in [3.05, 3.63) is 29.8 Å². The minimum atomic E-state index is -3.44. The van der Waals surface area contributed by atoms with Gasteiger partial charge in [-0.3, -0.25) is 0 Å². The maximum atomic E-state index is 10.8. The Morgan fingerprint density at radius 1 is 1.27 bits per heavy atom. The molecule has 15 heavy (non-hydrogen) atoms. The molecule has 0 aromatic heterocycles. The lowest BCUT2D eigenvalue weighted by Gasteiger charge is -2.01. The van der Waals surface area contributed by atoms with Gasteiger partial charge in [-0.1, -0.05) is 12.1 Å². The zero-order chi connectivity index (χ0) is 10.9. The summed E-state index contributed by atoms with van der Waals surface area (Å²) in [6.07, 6.45) is 2.59. The lowest BCUT2D eigenvalue weighted by molar-refractivity contribution is 0.609. The molecule has 1 saturated carbocycles. The van der Waals surface area contributed by atoms with Gasteiger partial charge in [-0.2, -0.15) is 0 Å². The van der Waals surface area contributed by atoms with Crippen LogP contribution in [0.1, 0.15) is 18.4 Å². The van der Waals surface area contributed by atoms with Crippen molar-refractivity contribution in [1.82, 2.24) is 0 Å². The number of hydrogen-bond acceptors (Lipinski definition) is 3. The average Bonchev–Trinajstić information content (AvgIpc) is 2.90. The first-order chi connectivity index (χ1) is 7.03. The van der Waals surface area contributed by atoms with Crippen LogP contribution in [0.5, 0.6) is 0 Å². The summed E-state index contributed by atoms with van der Waals surface area (Å²) < 4.78 is 21.7. The van der Waals surface area contributed by atoms with E-state index in [0.29, 0.717) is 0 Å². The lowest BCUT2D eigenvalue weighted by atomic mass is 10.2. The van der Waals surface area contributed by atoms with Gasteiger partial charge in [0.2, 0.25) is 9.05 Å². The third-order valence-electron chi connectivity index (χ3n) is 2.09. The molecule has 1 aliphatic carbocycles. The SMILES string of the molecule is O=S(=O)(Cl)Cc1ccc(SC2CC2)cc1. The van der Waals surface area contributed by atoms with E-state index < -0.39 is 9.05 Å². The number of hydrogen-bond donors (Lipinski definition) is 0. The van der Waals surface area contributed by atoms with E-state index in [2.05, 4.69) is 0 Å². The van der Waals surface area contributed by atoms with E-state index in [1.54, 1.807) is 0 Å². The van der Waals surface area contributed by atoms with Gasteiger partial charge in [0.15, 0.2) is 0 Å². The Morgan fingerprint density at radius 3 is 2.33 bits per heavy atom. The zero-order valence-electron chi connectivity index (χ0n) is 8.02. The third-order valence-corrected chi connectivity index (χ3v) is 4.44. The van der Waals surface area contributed by atoms with E-state index in [0.717, 1.165) is 10.8 Å². The molecule has 0 amide bonds. The standard InChI is InChI=1S/C10H11ClO2S2/c11-15(12,13)7-8-1-3-9(4-2-8)14-10-5-6-10/h1-4,10H,5-7H2. The van der Waals surface area contributed by atoms with Crippen LogP contribution in [0.3, 0.4) is 0 Å². The van der Waals surface area contributed by atoms with E-state index >= 15 is 0 Å². The predicted molar refractivity (Wildman–Crippen MR) is 63.8 cm³/mol. The molecule has 0 radical (unpaired) electrons. The van der Waals surface area contributed by atoms with Crippen LogP contribution in [0.25, 0.3) is 0 Å². The van der Waals surface area contributed by atoms with Crippen molar-refractivity contribution in [2.24, 2.45) is 0 Å². The normalized spacial score (nSPS) is 16.6. The van der Waals surface area contributed by atoms with Crippen LogP contribution in [-0.2, 0) is 14.8 Å². The van der Waals surface area contributed by atoms with Gasteiger partial charge in [0.05, 0.1) is 5.75 Å². The Kier molecular flexibility index (Phi) is 3.28. The summed E-state index contributed by atoms with van der Waals surface area (Å²) in [7, 11) is 1.73. The third kappa shape index (κ3) is 4.05. The molecule has 0 saturated heterocycles. The molecule has 2 nitrogen and oxygen atoms in total. The van der Waals surface area contributed by atoms with Crippen molar-refractivity contribution < 1.29 is 8.42 Å². The van der Waals surface area contributed by atoms with Gasteiger partial charge in [-0.25, -0.2) is 8.42 Å². The predicted octanol–water partition coefficient (Wildman–Crippen LogP) is 3.01. The summed E-state index contributed by atoms with van der Waals surface area (Å²) in [5, 5.41) is 0.771. The first-order valence-corrected chi connectivity index (χ1v) is 8.07. The Morgan fingerprint density at radius 2 is 1.87 bits per heavy atom. The number of thioether (sulfide) groups is 1. The van der Waals surface area contributed by atoms with Gasteiger partial charge in [0, 0.05) is 20.8 Å². The Bertz CT molecular complexity index is 435. The number of rotatable bonds is 4. The molecule has 0 spiro atoms. The summed E-state index contributed by atoms with van der Waals surface area (Å²) in [4.78, 5) is 1.20. The summed E-state index contributed by atoms with van der Waals surface area (Å²) in [6, 6.07) is 7.57. The molecular formula is C10H11ClO2S2. The van der Waals surface area contributed by atoms with Crippen molar-refractivity contribution in [2.45, 2.75) is 28.7 Å². The van der Waals surface area contributed by atoms with Crippen molar-refractivity contribution in [3.8, 4) is 0 Å². The minimum Gasteiger partial charge on any atom is -0.212 e. The van der Waals surface area contributed by atoms with E-state index in [-0.39, 0.29) is 5.75 Å². The molecule has 1 aromatic rings. The molecule has 0 atom stereocenters. The highest BCUT2D eigenvalue weighted by Gasteiger charge is 2.22. The summed E-state index contributed by atoms with van der Waals surface area (Å²) in [6.45, 7) is 0. The van der Waals surface area contributed by atoms with Gasteiger partial charge in [0.25, 0.3) is 0 Å². The van der Waals surface area contributed by atoms with Crippen LogP contribution >= 0.6 is 22.4 Å². The highest BCUT2D eigenvalue weighted by molar-refractivity contribution is 8.13.